The smallest absolute Gasteiger partial charge is 0.233 e. The second-order valence-electron chi connectivity index (χ2n) is 8.33. The standard InChI is InChI=1S/C28H21NO2S/c1-18-16-24-19(2)28-23-14-8-9-15-26(23)29(32(30,31)20-10-4-3-5-11-20)27(28)17-25(24)22-13-7-6-12-21(18)22/h3-17H,1-2H3. The van der Waals surface area contributed by atoms with Crippen LogP contribution in [0.3, 0.4) is 0 Å². The number of aromatic nitrogens is 1. The zero-order chi connectivity index (χ0) is 22.0. The lowest BCUT2D eigenvalue weighted by Crippen LogP contribution is -2.12. The van der Waals surface area contributed by atoms with Crippen molar-refractivity contribution >= 4 is 53.4 Å². The summed E-state index contributed by atoms with van der Waals surface area (Å²) < 4.78 is 29.2. The van der Waals surface area contributed by atoms with Gasteiger partial charge in [0.25, 0.3) is 10.0 Å². The first kappa shape index (κ1) is 19.1. The second kappa shape index (κ2) is 6.68. The quantitative estimate of drug-likeness (QED) is 0.276. The lowest BCUT2D eigenvalue weighted by molar-refractivity contribution is 0.590. The Hall–Kier alpha value is -3.63. The van der Waals surface area contributed by atoms with Crippen molar-refractivity contribution < 1.29 is 8.42 Å². The van der Waals surface area contributed by atoms with Gasteiger partial charge in [-0.25, -0.2) is 12.4 Å². The molecular weight excluding hydrogens is 414 g/mol. The molecule has 5 aromatic carbocycles. The molecule has 3 nitrogen and oxygen atoms in total. The van der Waals surface area contributed by atoms with Gasteiger partial charge >= 0.3 is 0 Å². The van der Waals surface area contributed by atoms with Gasteiger partial charge in [-0.1, -0.05) is 66.7 Å². The summed E-state index contributed by atoms with van der Waals surface area (Å²) in [4.78, 5) is 0.286. The molecule has 4 heteroatoms. The number of fused-ring (bicyclic) bond motifs is 6. The molecule has 0 aliphatic rings. The second-order valence-corrected chi connectivity index (χ2v) is 10.1. The molecule has 0 saturated carbocycles. The average Bonchev–Trinajstić information content (AvgIpc) is 3.16. The maximum atomic E-state index is 13.9. The van der Waals surface area contributed by atoms with Gasteiger partial charge in [-0.2, -0.15) is 0 Å². The lowest BCUT2D eigenvalue weighted by atomic mass is 9.93. The highest BCUT2D eigenvalue weighted by molar-refractivity contribution is 7.90. The highest BCUT2D eigenvalue weighted by atomic mass is 32.2. The lowest BCUT2D eigenvalue weighted by Gasteiger charge is -2.13. The van der Waals surface area contributed by atoms with E-state index in [1.807, 2.05) is 42.5 Å². The zero-order valence-corrected chi connectivity index (χ0v) is 18.6. The molecule has 0 fully saturated rings. The maximum Gasteiger partial charge on any atom is 0.268 e. The van der Waals surface area contributed by atoms with Crippen LogP contribution in [0.2, 0.25) is 0 Å². The van der Waals surface area contributed by atoms with Crippen LogP contribution in [-0.4, -0.2) is 12.4 Å². The van der Waals surface area contributed by atoms with Gasteiger partial charge in [0.1, 0.15) is 0 Å². The van der Waals surface area contributed by atoms with E-state index in [0.717, 1.165) is 32.5 Å². The maximum absolute atomic E-state index is 13.9. The van der Waals surface area contributed by atoms with Gasteiger partial charge in [0.2, 0.25) is 0 Å². The summed E-state index contributed by atoms with van der Waals surface area (Å²) in [5.74, 6) is 0. The molecule has 0 radical (unpaired) electrons. The topological polar surface area (TPSA) is 39.1 Å². The largest absolute Gasteiger partial charge is 0.268 e. The van der Waals surface area contributed by atoms with E-state index in [1.54, 1.807) is 24.3 Å². The first-order valence-corrected chi connectivity index (χ1v) is 12.1. The molecule has 0 atom stereocenters. The molecule has 0 bridgehead atoms. The van der Waals surface area contributed by atoms with Crippen molar-refractivity contribution in [1.82, 2.24) is 3.97 Å². The summed E-state index contributed by atoms with van der Waals surface area (Å²) >= 11 is 0. The first-order valence-electron chi connectivity index (χ1n) is 10.6. The number of para-hydroxylation sites is 1. The molecular formula is C28H21NO2S. The fraction of sp³-hybridized carbons (Fsp3) is 0.0714. The molecule has 1 aromatic heterocycles. The van der Waals surface area contributed by atoms with Gasteiger partial charge in [-0.3, -0.25) is 0 Å². The normalized spacial score (nSPS) is 12.3. The Kier molecular flexibility index (Phi) is 3.99. The van der Waals surface area contributed by atoms with Crippen LogP contribution in [-0.2, 0) is 10.0 Å². The van der Waals surface area contributed by atoms with E-state index in [2.05, 4.69) is 38.1 Å². The third-order valence-electron chi connectivity index (χ3n) is 6.50. The minimum Gasteiger partial charge on any atom is -0.233 e. The van der Waals surface area contributed by atoms with Crippen molar-refractivity contribution in [2.45, 2.75) is 18.7 Å². The Morgan fingerprint density at radius 2 is 1.22 bits per heavy atom. The minimum atomic E-state index is -3.78. The predicted molar refractivity (Wildman–Crippen MR) is 133 cm³/mol. The van der Waals surface area contributed by atoms with Gasteiger partial charge in [-0.05, 0) is 70.8 Å². The van der Waals surface area contributed by atoms with Crippen LogP contribution in [0, 0.1) is 13.8 Å². The number of hydrogen-bond donors (Lipinski definition) is 0. The Balaban J connectivity index is 1.88. The molecule has 0 unspecified atom stereocenters. The Bertz CT molecular complexity index is 1800. The summed E-state index contributed by atoms with van der Waals surface area (Å²) in [6.45, 7) is 4.24. The fourth-order valence-electron chi connectivity index (χ4n) is 5.03. The summed E-state index contributed by atoms with van der Waals surface area (Å²) in [5.41, 5.74) is 3.74. The number of rotatable bonds is 2. The highest BCUT2D eigenvalue weighted by Crippen LogP contribution is 2.40. The SMILES string of the molecule is Cc1cc2c(C)c3c4ccccc4n(S(=O)(=O)c4ccccc4)c3cc2c2ccccc12. The van der Waals surface area contributed by atoms with Crippen molar-refractivity contribution in [3.05, 3.63) is 102 Å². The summed E-state index contributed by atoms with van der Waals surface area (Å²) in [7, 11) is -3.78. The monoisotopic (exact) mass is 435 g/mol. The van der Waals surface area contributed by atoms with E-state index in [1.165, 1.54) is 14.9 Å². The van der Waals surface area contributed by atoms with E-state index in [4.69, 9.17) is 0 Å². The third kappa shape index (κ3) is 2.50. The molecule has 0 N–H and O–H groups in total. The molecule has 156 valence electrons. The average molecular weight is 436 g/mol. The van der Waals surface area contributed by atoms with Crippen LogP contribution in [0.15, 0.2) is 95.9 Å². The Labute approximate surface area is 186 Å². The molecule has 0 amide bonds. The van der Waals surface area contributed by atoms with E-state index in [9.17, 15) is 8.42 Å². The highest BCUT2D eigenvalue weighted by Gasteiger charge is 2.25. The Morgan fingerprint density at radius 1 is 0.594 bits per heavy atom. The third-order valence-corrected chi connectivity index (χ3v) is 8.24. The zero-order valence-electron chi connectivity index (χ0n) is 17.8. The van der Waals surface area contributed by atoms with E-state index in [-0.39, 0.29) is 4.90 Å². The first-order chi connectivity index (χ1) is 15.5. The molecule has 0 aliphatic heterocycles. The summed E-state index contributed by atoms with van der Waals surface area (Å²) in [6.07, 6.45) is 0. The van der Waals surface area contributed by atoms with Crippen molar-refractivity contribution in [2.75, 3.05) is 0 Å². The van der Waals surface area contributed by atoms with E-state index in [0.29, 0.717) is 11.0 Å². The van der Waals surface area contributed by atoms with Crippen LogP contribution in [0.1, 0.15) is 11.1 Å². The van der Waals surface area contributed by atoms with Crippen LogP contribution in [0.5, 0.6) is 0 Å². The fourth-order valence-corrected chi connectivity index (χ4v) is 6.56. The summed E-state index contributed by atoms with van der Waals surface area (Å²) in [5, 5.41) is 6.50. The minimum absolute atomic E-state index is 0.286. The molecule has 32 heavy (non-hydrogen) atoms. The molecule has 0 saturated heterocycles. The Morgan fingerprint density at radius 3 is 1.97 bits per heavy atom. The number of hydrogen-bond acceptors (Lipinski definition) is 2. The summed E-state index contributed by atoms with van der Waals surface area (Å²) in [6, 6.07) is 29.0. The van der Waals surface area contributed by atoms with Crippen molar-refractivity contribution in [1.29, 1.82) is 0 Å². The predicted octanol–water partition coefficient (Wildman–Crippen LogP) is 6.95. The van der Waals surface area contributed by atoms with Crippen molar-refractivity contribution in [3.8, 4) is 0 Å². The molecule has 0 aliphatic carbocycles. The van der Waals surface area contributed by atoms with Crippen molar-refractivity contribution in [3.63, 3.8) is 0 Å². The van der Waals surface area contributed by atoms with Crippen LogP contribution >= 0.6 is 0 Å². The van der Waals surface area contributed by atoms with Crippen LogP contribution in [0.4, 0.5) is 0 Å². The van der Waals surface area contributed by atoms with Gasteiger partial charge in [0, 0.05) is 10.8 Å². The van der Waals surface area contributed by atoms with Gasteiger partial charge in [0.05, 0.1) is 15.9 Å². The van der Waals surface area contributed by atoms with Crippen LogP contribution < -0.4 is 0 Å². The van der Waals surface area contributed by atoms with Crippen molar-refractivity contribution in [2.24, 2.45) is 0 Å². The van der Waals surface area contributed by atoms with E-state index >= 15 is 0 Å². The number of benzene rings is 5. The number of nitrogens with zero attached hydrogens (tertiary/aromatic N) is 1. The molecule has 1 heterocycles. The van der Waals surface area contributed by atoms with E-state index < -0.39 is 10.0 Å². The van der Waals surface area contributed by atoms with Gasteiger partial charge in [0.15, 0.2) is 0 Å². The number of aryl methyl sites for hydroxylation is 2. The molecule has 0 spiro atoms. The molecule has 6 rings (SSSR count). The molecule has 6 aromatic rings. The van der Waals surface area contributed by atoms with Gasteiger partial charge < -0.3 is 0 Å². The van der Waals surface area contributed by atoms with Crippen LogP contribution in [0.25, 0.3) is 43.4 Å². The van der Waals surface area contributed by atoms with Gasteiger partial charge in [-0.15, -0.1) is 0 Å².